The maximum absolute atomic E-state index is 12.6. The Morgan fingerprint density at radius 2 is 2.04 bits per heavy atom. The van der Waals surface area contributed by atoms with Crippen molar-refractivity contribution in [3.63, 3.8) is 0 Å². The van der Waals surface area contributed by atoms with E-state index in [0.717, 1.165) is 12.0 Å². The van der Waals surface area contributed by atoms with E-state index in [-0.39, 0.29) is 11.8 Å². The van der Waals surface area contributed by atoms with Gasteiger partial charge in [-0.2, -0.15) is 0 Å². The first-order valence-corrected chi connectivity index (χ1v) is 8.70. The minimum atomic E-state index is 0.0422. The zero-order chi connectivity index (χ0) is 16.7. The Kier molecular flexibility index (Phi) is 3.69. The van der Waals surface area contributed by atoms with Crippen molar-refractivity contribution in [1.29, 1.82) is 0 Å². The van der Waals surface area contributed by atoms with Crippen molar-refractivity contribution in [2.45, 2.75) is 26.2 Å². The summed E-state index contributed by atoms with van der Waals surface area (Å²) in [5.74, 6) is 1.36. The van der Waals surface area contributed by atoms with Gasteiger partial charge in [-0.15, -0.1) is 21.5 Å². The van der Waals surface area contributed by atoms with Gasteiger partial charge in [-0.25, -0.2) is 0 Å². The normalized spacial score (nSPS) is 19.2. The number of nitrogens with one attached hydrogen (secondary N) is 1. The summed E-state index contributed by atoms with van der Waals surface area (Å²) in [7, 11) is 0. The Bertz CT molecular complexity index is 899. The minimum Gasteiger partial charge on any atom is -0.421 e. The van der Waals surface area contributed by atoms with E-state index >= 15 is 0 Å². The molecule has 0 aliphatic heterocycles. The Balaban J connectivity index is 1.51. The molecule has 1 aliphatic carbocycles. The lowest BCUT2D eigenvalue weighted by Gasteiger charge is -2.08. The molecule has 24 heavy (non-hydrogen) atoms. The third kappa shape index (κ3) is 2.85. The van der Waals surface area contributed by atoms with Gasteiger partial charge in [0.2, 0.25) is 17.7 Å². The van der Waals surface area contributed by atoms with Gasteiger partial charge in [0.1, 0.15) is 0 Å². The molecule has 1 N–H and O–H groups in total. The molecule has 6 heteroatoms. The number of aryl methyl sites for hydroxylation is 2. The summed E-state index contributed by atoms with van der Waals surface area (Å²) in [4.78, 5) is 15.2. The second-order valence-corrected chi connectivity index (χ2v) is 7.38. The molecular formula is C18H17N3O2S. The third-order valence-electron chi connectivity index (χ3n) is 4.20. The molecular weight excluding hydrogens is 322 g/mol. The van der Waals surface area contributed by atoms with E-state index in [1.807, 2.05) is 24.3 Å². The fraction of sp³-hybridized carbons (Fsp3) is 0.278. The Morgan fingerprint density at radius 1 is 1.21 bits per heavy atom. The predicted molar refractivity (Wildman–Crippen MR) is 93.0 cm³/mol. The molecule has 1 aliphatic rings. The number of hydrogen-bond acceptors (Lipinski definition) is 5. The van der Waals surface area contributed by atoms with Crippen LogP contribution in [-0.4, -0.2) is 16.1 Å². The number of aromatic nitrogens is 2. The molecule has 2 aromatic heterocycles. The van der Waals surface area contributed by atoms with Crippen LogP contribution in [0.25, 0.3) is 11.5 Å². The minimum absolute atomic E-state index is 0.0422. The standard InChI is InChI=1S/C18H17N3O2S/c1-10-7-8-16(24-10)13-9-14(13)17(22)19-15-6-4-3-5-12(15)18-21-20-11(2)23-18/h3-8,13-14H,9H2,1-2H3,(H,19,22). The number of anilines is 1. The number of para-hydroxylation sites is 1. The summed E-state index contributed by atoms with van der Waals surface area (Å²) in [6, 6.07) is 11.7. The highest BCUT2D eigenvalue weighted by atomic mass is 32.1. The molecule has 1 amide bonds. The van der Waals surface area contributed by atoms with Crippen LogP contribution < -0.4 is 5.32 Å². The lowest BCUT2D eigenvalue weighted by molar-refractivity contribution is -0.117. The van der Waals surface area contributed by atoms with E-state index in [4.69, 9.17) is 4.42 Å². The molecule has 5 nitrogen and oxygen atoms in total. The first-order chi connectivity index (χ1) is 11.6. The van der Waals surface area contributed by atoms with E-state index in [2.05, 4.69) is 34.6 Å². The van der Waals surface area contributed by atoms with Crippen molar-refractivity contribution in [2.24, 2.45) is 5.92 Å². The van der Waals surface area contributed by atoms with Crippen molar-refractivity contribution >= 4 is 22.9 Å². The number of benzene rings is 1. The fourth-order valence-corrected chi connectivity index (χ4v) is 3.92. The Hall–Kier alpha value is -2.47. The third-order valence-corrected chi connectivity index (χ3v) is 5.33. The van der Waals surface area contributed by atoms with E-state index in [1.165, 1.54) is 9.75 Å². The molecule has 0 radical (unpaired) electrons. The molecule has 1 fully saturated rings. The van der Waals surface area contributed by atoms with E-state index < -0.39 is 0 Å². The maximum Gasteiger partial charge on any atom is 0.249 e. The monoisotopic (exact) mass is 339 g/mol. The van der Waals surface area contributed by atoms with Gasteiger partial charge in [0, 0.05) is 28.5 Å². The summed E-state index contributed by atoms with van der Waals surface area (Å²) in [5, 5.41) is 10.9. The molecule has 2 unspecified atom stereocenters. The van der Waals surface area contributed by atoms with Gasteiger partial charge in [0.05, 0.1) is 11.3 Å². The second-order valence-electron chi connectivity index (χ2n) is 6.06. The summed E-state index contributed by atoms with van der Waals surface area (Å²) in [6.07, 6.45) is 0.910. The summed E-state index contributed by atoms with van der Waals surface area (Å²) < 4.78 is 5.49. The average molecular weight is 339 g/mol. The number of thiophene rings is 1. The fourth-order valence-electron chi connectivity index (χ4n) is 2.86. The van der Waals surface area contributed by atoms with Crippen LogP contribution in [0.2, 0.25) is 0 Å². The number of hydrogen-bond donors (Lipinski definition) is 1. The van der Waals surface area contributed by atoms with E-state index in [0.29, 0.717) is 23.4 Å². The summed E-state index contributed by atoms with van der Waals surface area (Å²) in [5.41, 5.74) is 1.45. The summed E-state index contributed by atoms with van der Waals surface area (Å²) >= 11 is 1.78. The van der Waals surface area contributed by atoms with Gasteiger partial charge in [-0.3, -0.25) is 4.79 Å². The predicted octanol–water partition coefficient (Wildman–Crippen LogP) is 4.16. The van der Waals surface area contributed by atoms with Gasteiger partial charge in [-0.1, -0.05) is 12.1 Å². The highest BCUT2D eigenvalue weighted by Gasteiger charge is 2.44. The molecule has 4 rings (SSSR count). The van der Waals surface area contributed by atoms with Gasteiger partial charge in [0.15, 0.2) is 0 Å². The van der Waals surface area contributed by atoms with Gasteiger partial charge < -0.3 is 9.73 Å². The Labute approximate surface area is 143 Å². The van der Waals surface area contributed by atoms with Crippen molar-refractivity contribution < 1.29 is 9.21 Å². The number of rotatable bonds is 4. The maximum atomic E-state index is 12.6. The zero-order valence-corrected chi connectivity index (χ0v) is 14.3. The Morgan fingerprint density at radius 3 is 2.75 bits per heavy atom. The van der Waals surface area contributed by atoms with E-state index in [9.17, 15) is 4.79 Å². The van der Waals surface area contributed by atoms with Crippen LogP contribution in [0, 0.1) is 19.8 Å². The molecule has 122 valence electrons. The SMILES string of the molecule is Cc1nnc(-c2ccccc2NC(=O)C2CC2c2ccc(C)s2)o1. The van der Waals surface area contributed by atoms with Crippen molar-refractivity contribution in [1.82, 2.24) is 10.2 Å². The van der Waals surface area contributed by atoms with Gasteiger partial charge in [-0.05, 0) is 37.6 Å². The van der Waals surface area contributed by atoms with Crippen LogP contribution in [0.15, 0.2) is 40.8 Å². The average Bonchev–Trinajstić information content (AvgIpc) is 3.08. The number of carbonyl (C=O) groups is 1. The zero-order valence-electron chi connectivity index (χ0n) is 13.4. The van der Waals surface area contributed by atoms with Crippen LogP contribution in [0.3, 0.4) is 0 Å². The molecule has 1 saturated carbocycles. The first-order valence-electron chi connectivity index (χ1n) is 7.88. The number of amides is 1. The molecule has 2 atom stereocenters. The molecule has 0 spiro atoms. The lowest BCUT2D eigenvalue weighted by atomic mass is 10.1. The van der Waals surface area contributed by atoms with Crippen LogP contribution >= 0.6 is 11.3 Å². The van der Waals surface area contributed by atoms with Gasteiger partial charge >= 0.3 is 0 Å². The molecule has 3 aromatic rings. The molecule has 1 aromatic carbocycles. The molecule has 2 heterocycles. The van der Waals surface area contributed by atoms with Crippen LogP contribution in [0.4, 0.5) is 5.69 Å². The number of carbonyl (C=O) groups excluding carboxylic acids is 1. The topological polar surface area (TPSA) is 68.0 Å². The second kappa shape index (κ2) is 5.87. The molecule has 0 bridgehead atoms. The quantitative estimate of drug-likeness (QED) is 0.775. The first kappa shape index (κ1) is 15.1. The van der Waals surface area contributed by atoms with E-state index in [1.54, 1.807) is 18.3 Å². The highest BCUT2D eigenvalue weighted by molar-refractivity contribution is 7.12. The smallest absolute Gasteiger partial charge is 0.249 e. The van der Waals surface area contributed by atoms with Crippen molar-refractivity contribution in [3.05, 3.63) is 52.0 Å². The largest absolute Gasteiger partial charge is 0.421 e. The van der Waals surface area contributed by atoms with Gasteiger partial charge in [0.25, 0.3) is 0 Å². The highest BCUT2D eigenvalue weighted by Crippen LogP contribution is 2.50. The molecule has 0 saturated heterocycles. The van der Waals surface area contributed by atoms with Crippen LogP contribution in [0.5, 0.6) is 0 Å². The number of nitrogens with zero attached hydrogens (tertiary/aromatic N) is 2. The van der Waals surface area contributed by atoms with Crippen LogP contribution in [-0.2, 0) is 4.79 Å². The lowest BCUT2D eigenvalue weighted by Crippen LogP contribution is -2.15. The van der Waals surface area contributed by atoms with Crippen molar-refractivity contribution in [3.8, 4) is 11.5 Å². The van der Waals surface area contributed by atoms with Crippen molar-refractivity contribution in [2.75, 3.05) is 5.32 Å². The summed E-state index contributed by atoms with van der Waals surface area (Å²) in [6.45, 7) is 3.84. The van der Waals surface area contributed by atoms with Crippen LogP contribution in [0.1, 0.15) is 28.0 Å².